The van der Waals surface area contributed by atoms with E-state index in [-0.39, 0.29) is 48.4 Å². The van der Waals surface area contributed by atoms with Gasteiger partial charge in [-0.1, -0.05) is 30.3 Å². The van der Waals surface area contributed by atoms with Crippen molar-refractivity contribution in [1.82, 2.24) is 10.2 Å². The average Bonchev–Trinajstić information content (AvgIpc) is 3.36. The fourth-order valence-electron chi connectivity index (χ4n) is 7.76. The Balaban J connectivity index is 1.32. The molecule has 3 aliphatic heterocycles. The molecule has 3 fully saturated rings. The number of rotatable bonds is 4. The second kappa shape index (κ2) is 10.4. The van der Waals surface area contributed by atoms with Crippen molar-refractivity contribution in [3.8, 4) is 5.75 Å². The maximum atomic E-state index is 14.8. The molecule has 4 atom stereocenters. The number of halogens is 3. The minimum Gasteiger partial charge on any atom is -0.496 e. The van der Waals surface area contributed by atoms with Gasteiger partial charge in [-0.25, -0.2) is 13.2 Å². The Hall–Kier alpha value is -2.58. The van der Waals surface area contributed by atoms with Crippen LogP contribution in [-0.2, 0) is 21.6 Å². The van der Waals surface area contributed by atoms with E-state index in [0.29, 0.717) is 64.1 Å². The number of methoxy groups -OCH3 is 1. The molecule has 2 aromatic rings. The second-order valence-corrected chi connectivity index (χ2v) is 11.9. The van der Waals surface area contributed by atoms with Crippen molar-refractivity contribution < 1.29 is 27.4 Å². The molecule has 4 aliphatic rings. The fourth-order valence-corrected chi connectivity index (χ4v) is 7.76. The van der Waals surface area contributed by atoms with Gasteiger partial charge in [-0.15, -0.1) is 0 Å². The van der Waals surface area contributed by atoms with E-state index in [1.807, 2.05) is 29.2 Å². The molecule has 0 unspecified atom stereocenters. The maximum absolute atomic E-state index is 14.8. The van der Waals surface area contributed by atoms with E-state index < -0.39 is 11.3 Å². The summed E-state index contributed by atoms with van der Waals surface area (Å²) >= 11 is 0. The SMILES string of the molecule is COc1cccc2c1COC[C@]21CNC[C@H]1C(=O)N1CC[C@@H](c2ccccc2F)C[C@H]1C1CCC(F)(F)CC1. The number of benzene rings is 2. The highest BCUT2D eigenvalue weighted by molar-refractivity contribution is 5.82. The molecule has 210 valence electrons. The summed E-state index contributed by atoms with van der Waals surface area (Å²) in [5.41, 5.74) is 2.21. The number of piperidine rings is 1. The van der Waals surface area contributed by atoms with Gasteiger partial charge in [0.1, 0.15) is 11.6 Å². The van der Waals surface area contributed by atoms with Crippen LogP contribution in [0.25, 0.3) is 0 Å². The van der Waals surface area contributed by atoms with Crippen molar-refractivity contribution in [3.63, 3.8) is 0 Å². The van der Waals surface area contributed by atoms with Gasteiger partial charge in [0, 0.05) is 49.5 Å². The number of carbonyl (C=O) groups excluding carboxylic acids is 1. The third-order valence-electron chi connectivity index (χ3n) is 9.83. The van der Waals surface area contributed by atoms with Gasteiger partial charge in [0.2, 0.25) is 11.8 Å². The zero-order valence-corrected chi connectivity index (χ0v) is 22.4. The number of carbonyl (C=O) groups is 1. The van der Waals surface area contributed by atoms with Gasteiger partial charge in [-0.05, 0) is 60.8 Å². The quantitative estimate of drug-likeness (QED) is 0.561. The molecule has 1 amide bonds. The maximum Gasteiger partial charge on any atom is 0.248 e. The van der Waals surface area contributed by atoms with Crippen molar-refractivity contribution in [2.45, 2.75) is 68.4 Å². The number of nitrogens with one attached hydrogen (secondary N) is 1. The van der Waals surface area contributed by atoms with E-state index >= 15 is 0 Å². The number of likely N-dealkylation sites (tertiary alicyclic amines) is 1. The van der Waals surface area contributed by atoms with Crippen molar-refractivity contribution in [3.05, 3.63) is 65.0 Å². The van der Waals surface area contributed by atoms with E-state index in [9.17, 15) is 18.0 Å². The Bertz CT molecular complexity index is 1210. The van der Waals surface area contributed by atoms with Crippen molar-refractivity contribution in [2.75, 3.05) is 33.4 Å². The molecule has 8 heteroatoms. The first-order valence-electron chi connectivity index (χ1n) is 14.2. The third-order valence-corrected chi connectivity index (χ3v) is 9.83. The van der Waals surface area contributed by atoms with E-state index in [0.717, 1.165) is 16.9 Å². The number of hydrogen-bond acceptors (Lipinski definition) is 4. The molecule has 1 N–H and O–H groups in total. The van der Waals surface area contributed by atoms with Crippen LogP contribution in [0.1, 0.15) is 61.1 Å². The molecule has 2 saturated heterocycles. The molecule has 1 spiro atoms. The molecule has 0 bridgehead atoms. The minimum atomic E-state index is -2.65. The smallest absolute Gasteiger partial charge is 0.248 e. The fraction of sp³-hybridized carbons (Fsp3) is 0.581. The normalized spacial score (nSPS) is 30.8. The Morgan fingerprint density at radius 3 is 2.67 bits per heavy atom. The highest BCUT2D eigenvalue weighted by Gasteiger charge is 2.54. The summed E-state index contributed by atoms with van der Waals surface area (Å²) in [6, 6.07) is 12.6. The van der Waals surface area contributed by atoms with Crippen LogP contribution in [0.2, 0.25) is 0 Å². The molecular formula is C31H37F3N2O3. The van der Waals surface area contributed by atoms with Gasteiger partial charge in [-0.3, -0.25) is 4.79 Å². The topological polar surface area (TPSA) is 50.8 Å². The second-order valence-electron chi connectivity index (χ2n) is 11.9. The number of hydrogen-bond donors (Lipinski definition) is 1. The largest absolute Gasteiger partial charge is 0.496 e. The third kappa shape index (κ3) is 4.73. The number of ether oxygens (including phenoxy) is 2. The highest BCUT2D eigenvalue weighted by Crippen LogP contribution is 2.47. The number of amides is 1. The van der Waals surface area contributed by atoms with Gasteiger partial charge in [0.25, 0.3) is 0 Å². The summed E-state index contributed by atoms with van der Waals surface area (Å²) in [5.74, 6) is -2.48. The Morgan fingerprint density at radius 1 is 1.10 bits per heavy atom. The van der Waals surface area contributed by atoms with Crippen LogP contribution in [0.4, 0.5) is 13.2 Å². The van der Waals surface area contributed by atoms with Crippen LogP contribution in [0.15, 0.2) is 42.5 Å². The van der Waals surface area contributed by atoms with Crippen LogP contribution < -0.4 is 10.1 Å². The Labute approximate surface area is 228 Å². The molecule has 39 heavy (non-hydrogen) atoms. The molecule has 1 aliphatic carbocycles. The predicted octanol–water partition coefficient (Wildman–Crippen LogP) is 5.42. The molecule has 1 saturated carbocycles. The van der Waals surface area contributed by atoms with Crippen molar-refractivity contribution in [2.24, 2.45) is 11.8 Å². The molecule has 0 radical (unpaired) electrons. The van der Waals surface area contributed by atoms with Crippen molar-refractivity contribution in [1.29, 1.82) is 0 Å². The van der Waals surface area contributed by atoms with Gasteiger partial charge in [-0.2, -0.15) is 0 Å². The summed E-state index contributed by atoms with van der Waals surface area (Å²) in [5, 5.41) is 3.46. The van der Waals surface area contributed by atoms with Crippen molar-refractivity contribution >= 4 is 5.91 Å². The monoisotopic (exact) mass is 542 g/mol. The molecular weight excluding hydrogens is 505 g/mol. The van der Waals surface area contributed by atoms with Gasteiger partial charge < -0.3 is 19.7 Å². The lowest BCUT2D eigenvalue weighted by Crippen LogP contribution is -2.56. The van der Waals surface area contributed by atoms with Crippen LogP contribution in [0, 0.1) is 17.7 Å². The van der Waals surface area contributed by atoms with E-state index in [2.05, 4.69) is 11.4 Å². The molecule has 2 aromatic carbocycles. The molecule has 5 nitrogen and oxygen atoms in total. The number of alkyl halides is 2. The van der Waals surface area contributed by atoms with Crippen LogP contribution >= 0.6 is 0 Å². The average molecular weight is 543 g/mol. The standard InChI is InChI=1S/C31H37F3N2O3/c1-38-28-8-4-6-24-23(28)17-39-19-30(24)18-35-16-25(30)29(37)36-14-11-21(22-5-2-3-7-26(22)32)15-27(36)20-9-12-31(33,34)13-10-20/h2-8,20-21,25,27,35H,9-19H2,1H3/t21-,25+,27+,30-/m1/s1. The first kappa shape index (κ1) is 26.6. The number of fused-ring (bicyclic) bond motifs is 2. The van der Waals surface area contributed by atoms with E-state index in [1.165, 1.54) is 6.07 Å². The molecule has 6 rings (SSSR count). The Kier molecular flexibility index (Phi) is 7.12. The van der Waals surface area contributed by atoms with E-state index in [4.69, 9.17) is 9.47 Å². The zero-order valence-electron chi connectivity index (χ0n) is 22.4. The predicted molar refractivity (Wildman–Crippen MR) is 141 cm³/mol. The van der Waals surface area contributed by atoms with Crippen LogP contribution in [0.5, 0.6) is 5.75 Å². The minimum absolute atomic E-state index is 0.0246. The first-order valence-corrected chi connectivity index (χ1v) is 14.2. The van der Waals surface area contributed by atoms with E-state index in [1.54, 1.807) is 13.2 Å². The molecule has 3 heterocycles. The summed E-state index contributed by atoms with van der Waals surface area (Å²) in [6.45, 7) is 2.52. The highest BCUT2D eigenvalue weighted by atomic mass is 19.3. The van der Waals surface area contributed by atoms with Gasteiger partial charge in [0.05, 0.1) is 26.2 Å². The summed E-state index contributed by atoms with van der Waals surface area (Å²) in [6.07, 6.45) is 1.69. The lowest BCUT2D eigenvalue weighted by molar-refractivity contribution is -0.145. The lowest BCUT2D eigenvalue weighted by atomic mass is 9.68. The zero-order chi connectivity index (χ0) is 27.2. The summed E-state index contributed by atoms with van der Waals surface area (Å²) in [4.78, 5) is 16.5. The number of nitrogens with zero attached hydrogens (tertiary/aromatic N) is 1. The summed E-state index contributed by atoms with van der Waals surface area (Å²) in [7, 11) is 1.64. The Morgan fingerprint density at radius 2 is 1.90 bits per heavy atom. The summed E-state index contributed by atoms with van der Waals surface area (Å²) < 4.78 is 54.7. The van der Waals surface area contributed by atoms with Crippen LogP contribution in [0.3, 0.4) is 0 Å². The lowest BCUT2D eigenvalue weighted by Gasteiger charge is -2.48. The van der Waals surface area contributed by atoms with Crippen LogP contribution in [-0.4, -0.2) is 56.1 Å². The van der Waals surface area contributed by atoms with Gasteiger partial charge in [0.15, 0.2) is 0 Å². The van der Waals surface area contributed by atoms with Gasteiger partial charge >= 0.3 is 0 Å². The first-order chi connectivity index (χ1) is 18.8. The molecule has 0 aromatic heterocycles.